The molecule has 0 saturated carbocycles. The molecule has 1 unspecified atom stereocenters. The lowest BCUT2D eigenvalue weighted by molar-refractivity contribution is -0.127. The standard InChI is InChI=1S/C24H25ClN6O3/c1-2-20(32)30-9-3-5-16(12-30)31-24-21(23(26)27-14-28-24)22(29-31)15-7-8-19(18(25)11-15)34-13-17-6-4-10-33-17/h2,4,6-8,10-11,16,28H,1,3,5,9,12-14H2,(H2,26,27). The molecule has 9 nitrogen and oxygen atoms in total. The Kier molecular flexibility index (Phi) is 6.02. The van der Waals surface area contributed by atoms with E-state index < -0.39 is 0 Å². The first-order chi connectivity index (χ1) is 16.5. The number of fused-ring (bicyclic) bond motifs is 1. The zero-order valence-corrected chi connectivity index (χ0v) is 19.3. The quantitative estimate of drug-likeness (QED) is 0.519. The number of hydrogen-bond acceptors (Lipinski definition) is 7. The van der Waals surface area contributed by atoms with Gasteiger partial charge in [0.15, 0.2) is 0 Å². The Bertz CT molecular complexity index is 1250. The highest BCUT2D eigenvalue weighted by Crippen LogP contribution is 2.37. The number of nitrogens with two attached hydrogens (primary N) is 1. The molecule has 2 aliphatic heterocycles. The highest BCUT2D eigenvalue weighted by molar-refractivity contribution is 6.32. The van der Waals surface area contributed by atoms with Crippen molar-refractivity contribution >= 4 is 29.2 Å². The number of ether oxygens (including phenoxy) is 1. The van der Waals surface area contributed by atoms with Gasteiger partial charge in [-0.3, -0.25) is 4.79 Å². The summed E-state index contributed by atoms with van der Waals surface area (Å²) < 4.78 is 13.0. The molecule has 10 heteroatoms. The van der Waals surface area contributed by atoms with Crippen molar-refractivity contribution in [2.45, 2.75) is 25.5 Å². The minimum Gasteiger partial charge on any atom is -0.484 e. The van der Waals surface area contributed by atoms with Crippen molar-refractivity contribution in [3.8, 4) is 17.0 Å². The number of carbonyl (C=O) groups excluding carboxylic acids is 1. The number of carbonyl (C=O) groups is 1. The van der Waals surface area contributed by atoms with E-state index in [-0.39, 0.29) is 18.6 Å². The number of amides is 1. The van der Waals surface area contributed by atoms with E-state index in [2.05, 4.69) is 16.9 Å². The fourth-order valence-corrected chi connectivity index (χ4v) is 4.62. The van der Waals surface area contributed by atoms with E-state index in [1.807, 2.05) is 28.9 Å². The molecular formula is C24H25ClN6O3. The van der Waals surface area contributed by atoms with Crippen LogP contribution in [0.5, 0.6) is 5.75 Å². The zero-order valence-electron chi connectivity index (χ0n) is 18.5. The Balaban J connectivity index is 1.47. The van der Waals surface area contributed by atoms with E-state index in [1.165, 1.54) is 6.08 Å². The molecule has 1 amide bonds. The SMILES string of the molecule is C=CC(=O)N1CCCC(n2nc(-c3ccc(OCc4ccco4)c(Cl)c3)c3c2NCN=C3N)C1. The number of benzene rings is 1. The van der Waals surface area contributed by atoms with Gasteiger partial charge in [-0.2, -0.15) is 5.10 Å². The van der Waals surface area contributed by atoms with Crippen LogP contribution in [-0.2, 0) is 11.4 Å². The van der Waals surface area contributed by atoms with Crippen LogP contribution in [0.1, 0.15) is 30.2 Å². The van der Waals surface area contributed by atoms with E-state index in [0.717, 1.165) is 29.8 Å². The van der Waals surface area contributed by atoms with Crippen LogP contribution in [0.4, 0.5) is 5.82 Å². The number of anilines is 1. The number of rotatable bonds is 6. The van der Waals surface area contributed by atoms with Crippen LogP contribution in [-0.4, -0.2) is 46.2 Å². The summed E-state index contributed by atoms with van der Waals surface area (Å²) >= 11 is 6.54. The van der Waals surface area contributed by atoms with Crippen LogP contribution in [0.15, 0.2) is 58.7 Å². The van der Waals surface area contributed by atoms with Crippen LogP contribution in [0.2, 0.25) is 5.02 Å². The molecule has 1 atom stereocenters. The van der Waals surface area contributed by atoms with E-state index in [4.69, 9.17) is 31.6 Å². The number of amidine groups is 1. The van der Waals surface area contributed by atoms with Crippen molar-refractivity contribution in [1.29, 1.82) is 0 Å². The zero-order chi connectivity index (χ0) is 23.7. The molecule has 0 spiro atoms. The van der Waals surface area contributed by atoms with Crippen molar-refractivity contribution in [3.05, 3.63) is 65.6 Å². The second-order valence-electron chi connectivity index (χ2n) is 8.19. The van der Waals surface area contributed by atoms with E-state index in [1.54, 1.807) is 17.2 Å². The normalized spacial score (nSPS) is 17.5. The Morgan fingerprint density at radius 2 is 2.29 bits per heavy atom. The lowest BCUT2D eigenvalue weighted by Gasteiger charge is -2.33. The van der Waals surface area contributed by atoms with E-state index in [9.17, 15) is 4.79 Å². The van der Waals surface area contributed by atoms with Gasteiger partial charge in [-0.1, -0.05) is 18.2 Å². The Morgan fingerprint density at radius 1 is 1.41 bits per heavy atom. The third-order valence-electron chi connectivity index (χ3n) is 6.05. The fourth-order valence-electron chi connectivity index (χ4n) is 4.38. The maximum atomic E-state index is 12.2. The van der Waals surface area contributed by atoms with Crippen LogP contribution in [0.25, 0.3) is 11.3 Å². The summed E-state index contributed by atoms with van der Waals surface area (Å²) in [6.45, 7) is 5.53. The molecule has 4 heterocycles. The molecule has 1 fully saturated rings. The molecule has 0 radical (unpaired) electrons. The van der Waals surface area contributed by atoms with Crippen LogP contribution < -0.4 is 15.8 Å². The second kappa shape index (κ2) is 9.26. The van der Waals surface area contributed by atoms with Gasteiger partial charge in [0.2, 0.25) is 5.91 Å². The molecule has 3 aromatic rings. The summed E-state index contributed by atoms with van der Waals surface area (Å²) in [5.41, 5.74) is 8.51. The maximum Gasteiger partial charge on any atom is 0.246 e. The van der Waals surface area contributed by atoms with Gasteiger partial charge in [0, 0.05) is 18.7 Å². The summed E-state index contributed by atoms with van der Waals surface area (Å²) in [6.07, 6.45) is 4.73. The molecule has 1 saturated heterocycles. The first-order valence-electron chi connectivity index (χ1n) is 11.1. The van der Waals surface area contributed by atoms with E-state index in [0.29, 0.717) is 47.8 Å². The number of aromatic nitrogens is 2. The molecule has 0 aliphatic carbocycles. The number of nitrogens with zero attached hydrogens (tertiary/aromatic N) is 4. The summed E-state index contributed by atoms with van der Waals surface area (Å²) in [5.74, 6) is 2.39. The van der Waals surface area contributed by atoms with Gasteiger partial charge in [-0.05, 0) is 49.2 Å². The smallest absolute Gasteiger partial charge is 0.246 e. The number of aliphatic imine (C=N–C) groups is 1. The fraction of sp³-hybridized carbons (Fsp3) is 0.292. The van der Waals surface area contributed by atoms with Crippen molar-refractivity contribution in [2.24, 2.45) is 10.7 Å². The molecule has 2 aromatic heterocycles. The molecule has 176 valence electrons. The van der Waals surface area contributed by atoms with Crippen LogP contribution in [0.3, 0.4) is 0 Å². The number of nitrogens with one attached hydrogen (secondary N) is 1. The monoisotopic (exact) mass is 480 g/mol. The number of halogens is 1. The van der Waals surface area contributed by atoms with Gasteiger partial charge < -0.3 is 25.1 Å². The first kappa shape index (κ1) is 22.1. The highest BCUT2D eigenvalue weighted by Gasteiger charge is 2.31. The van der Waals surface area contributed by atoms with Gasteiger partial charge in [-0.25, -0.2) is 9.67 Å². The van der Waals surface area contributed by atoms with Crippen molar-refractivity contribution < 1.29 is 13.9 Å². The third-order valence-corrected chi connectivity index (χ3v) is 6.34. The number of hydrogen-bond donors (Lipinski definition) is 2. The molecule has 3 N–H and O–H groups in total. The number of piperidine rings is 1. The lowest BCUT2D eigenvalue weighted by Crippen LogP contribution is -2.40. The Hall–Kier alpha value is -3.72. The molecule has 34 heavy (non-hydrogen) atoms. The number of furan rings is 1. The topological polar surface area (TPSA) is 111 Å². The minimum atomic E-state index is -0.0723. The Morgan fingerprint density at radius 3 is 3.06 bits per heavy atom. The average molecular weight is 481 g/mol. The van der Waals surface area contributed by atoms with Gasteiger partial charge in [0.25, 0.3) is 0 Å². The van der Waals surface area contributed by atoms with Gasteiger partial charge in [0.05, 0.1) is 22.9 Å². The molecule has 1 aromatic carbocycles. The third kappa shape index (κ3) is 4.14. The molecule has 5 rings (SSSR count). The summed E-state index contributed by atoms with van der Waals surface area (Å²) in [6, 6.07) is 9.16. The molecule has 0 bridgehead atoms. The summed E-state index contributed by atoms with van der Waals surface area (Å²) in [7, 11) is 0. The Labute approximate surface area is 201 Å². The first-order valence-corrected chi connectivity index (χ1v) is 11.5. The largest absolute Gasteiger partial charge is 0.484 e. The predicted octanol–water partition coefficient (Wildman–Crippen LogP) is 3.81. The summed E-state index contributed by atoms with van der Waals surface area (Å²) in [5, 5.41) is 8.69. The van der Waals surface area contributed by atoms with Crippen LogP contribution in [0, 0.1) is 0 Å². The maximum absolute atomic E-state index is 12.2. The lowest BCUT2D eigenvalue weighted by atomic mass is 10.0. The highest BCUT2D eigenvalue weighted by atomic mass is 35.5. The van der Waals surface area contributed by atoms with Crippen molar-refractivity contribution in [2.75, 3.05) is 25.1 Å². The van der Waals surface area contributed by atoms with Crippen LogP contribution >= 0.6 is 11.6 Å². The van der Waals surface area contributed by atoms with Gasteiger partial charge in [0.1, 0.15) is 42.1 Å². The average Bonchev–Trinajstić information content (AvgIpc) is 3.51. The number of likely N-dealkylation sites (tertiary alicyclic amines) is 1. The summed E-state index contributed by atoms with van der Waals surface area (Å²) in [4.78, 5) is 18.4. The van der Waals surface area contributed by atoms with Gasteiger partial charge >= 0.3 is 0 Å². The van der Waals surface area contributed by atoms with Gasteiger partial charge in [-0.15, -0.1) is 0 Å². The van der Waals surface area contributed by atoms with Crippen molar-refractivity contribution in [1.82, 2.24) is 14.7 Å². The van der Waals surface area contributed by atoms with Crippen molar-refractivity contribution in [3.63, 3.8) is 0 Å². The minimum absolute atomic E-state index is 0.00456. The predicted molar refractivity (Wildman–Crippen MR) is 130 cm³/mol. The molecule has 2 aliphatic rings. The second-order valence-corrected chi connectivity index (χ2v) is 8.60. The molecular weight excluding hydrogens is 456 g/mol. The van der Waals surface area contributed by atoms with E-state index >= 15 is 0 Å².